The van der Waals surface area contributed by atoms with Crippen LogP contribution in [0, 0.1) is 5.92 Å². The average Bonchev–Trinajstić information content (AvgIpc) is 2.42. The van der Waals surface area contributed by atoms with Crippen molar-refractivity contribution in [1.82, 2.24) is 0 Å². The van der Waals surface area contributed by atoms with Crippen LogP contribution >= 0.6 is 0 Å². The summed E-state index contributed by atoms with van der Waals surface area (Å²) in [7, 11) is -4.31. The summed E-state index contributed by atoms with van der Waals surface area (Å²) >= 11 is 0. The minimum Gasteiger partial charge on any atom is -0.375 e. The van der Waals surface area contributed by atoms with Crippen molar-refractivity contribution in [1.29, 1.82) is 0 Å². The molecule has 0 spiro atoms. The highest BCUT2D eigenvalue weighted by atomic mass is 32.3. The molecule has 3 atom stereocenters. The van der Waals surface area contributed by atoms with E-state index >= 15 is 0 Å². The van der Waals surface area contributed by atoms with Crippen molar-refractivity contribution in [2.45, 2.75) is 31.5 Å². The fourth-order valence-corrected chi connectivity index (χ4v) is 3.04. The van der Waals surface area contributed by atoms with Gasteiger partial charge in [0.15, 0.2) is 0 Å². The molecule has 2 heterocycles. The number of hydrogen-bond donors (Lipinski definition) is 0. The van der Waals surface area contributed by atoms with Crippen LogP contribution in [-0.4, -0.2) is 26.4 Å². The Balaban J connectivity index is 2.00. The molecular weight excluding hydrogens is 183 g/mol. The summed E-state index contributed by atoms with van der Waals surface area (Å²) in [6.45, 7) is 0. The lowest BCUT2D eigenvalue weighted by molar-refractivity contribution is 0.0951. The molecule has 2 bridgehead atoms. The standard InChI is InChI=1S/C7H11FO3S/c8-12(9,10)4-5-3-6-1-2-7(5)11-6/h5-7H,1-4H2. The van der Waals surface area contributed by atoms with Gasteiger partial charge in [0.25, 0.3) is 0 Å². The third-order valence-corrected chi connectivity index (χ3v) is 3.47. The van der Waals surface area contributed by atoms with Crippen LogP contribution in [-0.2, 0) is 15.0 Å². The Hall–Kier alpha value is -0.160. The molecule has 2 saturated heterocycles. The molecule has 2 fully saturated rings. The van der Waals surface area contributed by atoms with Gasteiger partial charge in [-0.2, -0.15) is 8.42 Å². The van der Waals surface area contributed by atoms with E-state index in [1.807, 2.05) is 0 Å². The van der Waals surface area contributed by atoms with Gasteiger partial charge in [-0.3, -0.25) is 0 Å². The van der Waals surface area contributed by atoms with Crippen molar-refractivity contribution in [3.63, 3.8) is 0 Å². The van der Waals surface area contributed by atoms with Crippen LogP contribution in [0.5, 0.6) is 0 Å². The van der Waals surface area contributed by atoms with E-state index in [2.05, 4.69) is 0 Å². The summed E-state index contributed by atoms with van der Waals surface area (Å²) < 4.78 is 38.4. The van der Waals surface area contributed by atoms with Gasteiger partial charge in [-0.1, -0.05) is 0 Å². The quantitative estimate of drug-likeness (QED) is 0.612. The Bertz CT molecular complexity index is 274. The molecule has 2 aliphatic heterocycles. The Kier molecular flexibility index (Phi) is 1.88. The molecule has 12 heavy (non-hydrogen) atoms. The van der Waals surface area contributed by atoms with Crippen LogP contribution in [0.2, 0.25) is 0 Å². The maximum absolute atomic E-state index is 12.3. The third kappa shape index (κ3) is 1.61. The van der Waals surface area contributed by atoms with E-state index in [0.29, 0.717) is 6.42 Å². The summed E-state index contributed by atoms with van der Waals surface area (Å²) in [6, 6.07) is 0. The second-order valence-corrected chi connectivity index (χ2v) is 4.99. The number of ether oxygens (including phenoxy) is 1. The molecule has 0 amide bonds. The van der Waals surface area contributed by atoms with Crippen molar-refractivity contribution < 1.29 is 17.0 Å². The molecule has 3 unspecified atom stereocenters. The maximum Gasteiger partial charge on any atom is 0.302 e. The van der Waals surface area contributed by atoms with E-state index < -0.39 is 10.2 Å². The van der Waals surface area contributed by atoms with Crippen molar-refractivity contribution >= 4 is 10.2 Å². The zero-order valence-corrected chi connectivity index (χ0v) is 7.39. The van der Waals surface area contributed by atoms with Crippen LogP contribution in [0.3, 0.4) is 0 Å². The Morgan fingerprint density at radius 3 is 2.58 bits per heavy atom. The number of hydrogen-bond acceptors (Lipinski definition) is 3. The first-order chi connectivity index (χ1) is 5.54. The largest absolute Gasteiger partial charge is 0.375 e. The van der Waals surface area contributed by atoms with Crippen LogP contribution < -0.4 is 0 Å². The number of fused-ring (bicyclic) bond motifs is 2. The fourth-order valence-electron chi connectivity index (χ4n) is 2.17. The molecule has 0 aliphatic carbocycles. The Labute approximate surface area is 71.1 Å². The second-order valence-electron chi connectivity index (χ2n) is 3.58. The monoisotopic (exact) mass is 194 g/mol. The predicted octanol–water partition coefficient (Wildman–Crippen LogP) is 0.853. The summed E-state index contributed by atoms with van der Waals surface area (Å²) in [4.78, 5) is 0. The van der Waals surface area contributed by atoms with E-state index in [4.69, 9.17) is 4.74 Å². The zero-order chi connectivity index (χ0) is 8.77. The first-order valence-electron chi connectivity index (χ1n) is 4.12. The molecule has 0 N–H and O–H groups in total. The van der Waals surface area contributed by atoms with Crippen LogP contribution in [0.1, 0.15) is 19.3 Å². The molecule has 0 aromatic rings. The average molecular weight is 194 g/mol. The summed E-state index contributed by atoms with van der Waals surface area (Å²) in [6.07, 6.45) is 2.81. The van der Waals surface area contributed by atoms with Crippen LogP contribution in [0.4, 0.5) is 3.89 Å². The van der Waals surface area contributed by atoms with Gasteiger partial charge >= 0.3 is 10.2 Å². The fraction of sp³-hybridized carbons (Fsp3) is 1.00. The van der Waals surface area contributed by atoms with Gasteiger partial charge in [0.2, 0.25) is 0 Å². The number of rotatable bonds is 2. The van der Waals surface area contributed by atoms with E-state index in [9.17, 15) is 12.3 Å². The highest BCUT2D eigenvalue weighted by Crippen LogP contribution is 2.39. The van der Waals surface area contributed by atoms with E-state index in [1.54, 1.807) is 0 Å². The summed E-state index contributed by atoms with van der Waals surface area (Å²) in [5, 5.41) is 0. The Morgan fingerprint density at radius 2 is 2.17 bits per heavy atom. The third-order valence-electron chi connectivity index (χ3n) is 2.64. The van der Waals surface area contributed by atoms with Crippen molar-refractivity contribution in [3.8, 4) is 0 Å². The second kappa shape index (κ2) is 2.67. The molecule has 70 valence electrons. The predicted molar refractivity (Wildman–Crippen MR) is 40.9 cm³/mol. The lowest BCUT2D eigenvalue weighted by Crippen LogP contribution is -2.23. The molecule has 0 saturated carbocycles. The molecular formula is C7H11FO3S. The lowest BCUT2D eigenvalue weighted by Gasteiger charge is -2.15. The molecule has 0 aromatic heterocycles. The van der Waals surface area contributed by atoms with Gasteiger partial charge < -0.3 is 4.74 Å². The SMILES string of the molecule is O=S(=O)(F)CC1CC2CCC1O2. The first-order valence-corrected chi connectivity index (χ1v) is 5.67. The zero-order valence-electron chi connectivity index (χ0n) is 6.57. The molecule has 5 heteroatoms. The van der Waals surface area contributed by atoms with Gasteiger partial charge in [0.1, 0.15) is 0 Å². The first kappa shape index (κ1) is 8.44. The van der Waals surface area contributed by atoms with Gasteiger partial charge in [-0.25, -0.2) is 0 Å². The molecule has 2 rings (SSSR count). The lowest BCUT2D eigenvalue weighted by atomic mass is 9.91. The topological polar surface area (TPSA) is 43.4 Å². The van der Waals surface area contributed by atoms with Gasteiger partial charge in [-0.15, -0.1) is 3.89 Å². The number of halogens is 1. The van der Waals surface area contributed by atoms with Gasteiger partial charge in [0.05, 0.1) is 18.0 Å². The molecule has 3 nitrogen and oxygen atoms in total. The Morgan fingerprint density at radius 1 is 1.42 bits per heavy atom. The maximum atomic E-state index is 12.3. The van der Waals surface area contributed by atoms with Gasteiger partial charge in [0, 0.05) is 5.92 Å². The molecule has 2 aliphatic rings. The highest BCUT2D eigenvalue weighted by Gasteiger charge is 2.42. The summed E-state index contributed by atoms with van der Waals surface area (Å²) in [5.41, 5.74) is 0. The van der Waals surface area contributed by atoms with Gasteiger partial charge in [-0.05, 0) is 19.3 Å². The van der Waals surface area contributed by atoms with Crippen molar-refractivity contribution in [2.24, 2.45) is 5.92 Å². The minimum absolute atomic E-state index is 0.000486. The molecule has 0 aromatic carbocycles. The van der Waals surface area contributed by atoms with Crippen molar-refractivity contribution in [2.75, 3.05) is 5.75 Å². The minimum atomic E-state index is -4.31. The van der Waals surface area contributed by atoms with E-state index in [-0.39, 0.29) is 23.9 Å². The smallest absolute Gasteiger partial charge is 0.302 e. The van der Waals surface area contributed by atoms with Crippen LogP contribution in [0.15, 0.2) is 0 Å². The highest BCUT2D eigenvalue weighted by molar-refractivity contribution is 7.86. The van der Waals surface area contributed by atoms with E-state index in [0.717, 1.165) is 12.8 Å². The van der Waals surface area contributed by atoms with Crippen LogP contribution in [0.25, 0.3) is 0 Å². The van der Waals surface area contributed by atoms with Crippen molar-refractivity contribution in [3.05, 3.63) is 0 Å². The molecule has 0 radical (unpaired) electrons. The normalized spacial score (nSPS) is 40.6. The van der Waals surface area contributed by atoms with E-state index in [1.165, 1.54) is 0 Å². The summed E-state index contributed by atoms with van der Waals surface area (Å²) in [5.74, 6) is -0.451.